The van der Waals surface area contributed by atoms with Crippen LogP contribution in [0.4, 0.5) is 0 Å². The number of ether oxygens (including phenoxy) is 1. The van der Waals surface area contributed by atoms with Crippen LogP contribution in [0.15, 0.2) is 30.3 Å². The van der Waals surface area contributed by atoms with Crippen molar-refractivity contribution in [1.29, 1.82) is 0 Å². The fraction of sp³-hybridized carbons (Fsp3) is 0.571. The number of aliphatic hydroxyl groups is 4. The van der Waals surface area contributed by atoms with Gasteiger partial charge >= 0.3 is 5.97 Å². The van der Waals surface area contributed by atoms with Crippen molar-refractivity contribution in [2.24, 2.45) is 5.73 Å². The van der Waals surface area contributed by atoms with Crippen molar-refractivity contribution in [2.45, 2.75) is 49.3 Å². The van der Waals surface area contributed by atoms with Gasteiger partial charge in [-0.05, 0) is 37.9 Å². The van der Waals surface area contributed by atoms with Crippen LogP contribution in [-0.4, -0.2) is 105 Å². The molecule has 1 fully saturated rings. The number of rotatable bonds is 12. The number of aliphatic hydroxyl groups excluding tert-OH is 4. The first-order valence-corrected chi connectivity index (χ1v) is 10.6. The standard InChI is InChI=1S/C21H31N3O9/c22-9-5-4-8-14(20(31)32)24(21(12-26)18(29)17(28)15(11-25)33-21)16(27)10-23-19(30)13-6-2-1-3-7-13/h1-3,6-7,14-15,17-18,25-26,28-29H,4-5,8-12,22H2,(H,23,30)(H,31,32)/t14-,15+,17+,18-,21?/m0/s1. The summed E-state index contributed by atoms with van der Waals surface area (Å²) in [6.07, 6.45) is -4.34. The maximum atomic E-state index is 13.2. The van der Waals surface area contributed by atoms with Gasteiger partial charge in [0.05, 0.1) is 19.8 Å². The number of unbranched alkanes of at least 4 members (excludes halogenated alkanes) is 1. The highest BCUT2D eigenvalue weighted by Crippen LogP contribution is 2.36. The van der Waals surface area contributed by atoms with Gasteiger partial charge in [-0.25, -0.2) is 4.79 Å². The van der Waals surface area contributed by atoms with Gasteiger partial charge < -0.3 is 41.3 Å². The van der Waals surface area contributed by atoms with Crippen molar-refractivity contribution in [2.75, 3.05) is 26.3 Å². The van der Waals surface area contributed by atoms with E-state index in [2.05, 4.69) is 5.32 Å². The van der Waals surface area contributed by atoms with Crippen LogP contribution in [0.2, 0.25) is 0 Å². The molecule has 184 valence electrons. The predicted molar refractivity (Wildman–Crippen MR) is 114 cm³/mol. The van der Waals surface area contributed by atoms with Gasteiger partial charge in [-0.1, -0.05) is 18.2 Å². The van der Waals surface area contributed by atoms with E-state index in [4.69, 9.17) is 10.5 Å². The van der Waals surface area contributed by atoms with Gasteiger partial charge in [0.1, 0.15) is 24.4 Å². The molecule has 0 bridgehead atoms. The number of carboxylic acid groups (broad SMARTS) is 1. The summed E-state index contributed by atoms with van der Waals surface area (Å²) >= 11 is 0. The smallest absolute Gasteiger partial charge is 0.326 e. The van der Waals surface area contributed by atoms with E-state index in [1.54, 1.807) is 18.2 Å². The minimum atomic E-state index is -2.35. The number of carboxylic acids is 1. The first-order valence-electron chi connectivity index (χ1n) is 10.6. The Balaban J connectivity index is 2.37. The lowest BCUT2D eigenvalue weighted by Gasteiger charge is -2.44. The minimum Gasteiger partial charge on any atom is -0.480 e. The fourth-order valence-electron chi connectivity index (χ4n) is 3.85. The quantitative estimate of drug-likeness (QED) is 0.162. The number of benzene rings is 1. The van der Waals surface area contributed by atoms with E-state index >= 15 is 0 Å². The van der Waals surface area contributed by atoms with Gasteiger partial charge in [0, 0.05) is 5.56 Å². The molecule has 1 aromatic carbocycles. The van der Waals surface area contributed by atoms with Crippen LogP contribution in [0, 0.1) is 0 Å². The first-order chi connectivity index (χ1) is 15.7. The van der Waals surface area contributed by atoms with E-state index < -0.39 is 67.6 Å². The predicted octanol–water partition coefficient (Wildman–Crippen LogP) is -2.37. The molecule has 0 saturated carbocycles. The zero-order valence-corrected chi connectivity index (χ0v) is 18.0. The zero-order chi connectivity index (χ0) is 24.6. The van der Waals surface area contributed by atoms with Crippen LogP contribution in [-0.2, 0) is 14.3 Å². The Kier molecular flexibility index (Phi) is 9.70. The summed E-state index contributed by atoms with van der Waals surface area (Å²) in [4.78, 5) is 38.3. The Morgan fingerprint density at radius 2 is 1.82 bits per heavy atom. The largest absolute Gasteiger partial charge is 0.480 e. The lowest BCUT2D eigenvalue weighted by molar-refractivity contribution is -0.222. The number of hydrogen-bond acceptors (Lipinski definition) is 9. The average Bonchev–Trinajstić information content (AvgIpc) is 3.07. The third-order valence-corrected chi connectivity index (χ3v) is 5.57. The Hall–Kier alpha value is -2.61. The minimum absolute atomic E-state index is 0.0946. The van der Waals surface area contributed by atoms with E-state index in [0.717, 1.165) is 0 Å². The molecule has 0 aromatic heterocycles. The summed E-state index contributed by atoms with van der Waals surface area (Å²) in [5.74, 6) is -3.02. The Morgan fingerprint density at radius 3 is 2.33 bits per heavy atom. The third-order valence-electron chi connectivity index (χ3n) is 5.57. The molecule has 2 amide bonds. The molecule has 0 aliphatic carbocycles. The molecule has 1 unspecified atom stereocenters. The summed E-state index contributed by atoms with van der Waals surface area (Å²) in [6.45, 7) is -2.21. The molecule has 1 aliphatic rings. The maximum absolute atomic E-state index is 13.2. The average molecular weight is 469 g/mol. The van der Waals surface area contributed by atoms with Crippen LogP contribution < -0.4 is 11.1 Å². The molecule has 12 heteroatoms. The highest BCUT2D eigenvalue weighted by Gasteiger charge is 2.60. The van der Waals surface area contributed by atoms with Gasteiger partial charge in [0.25, 0.3) is 5.91 Å². The summed E-state index contributed by atoms with van der Waals surface area (Å²) in [5, 5.41) is 52.7. The van der Waals surface area contributed by atoms with Gasteiger partial charge in [-0.15, -0.1) is 0 Å². The lowest BCUT2D eigenvalue weighted by Crippen LogP contribution is -2.67. The molecule has 0 spiro atoms. The van der Waals surface area contributed by atoms with Crippen molar-refractivity contribution in [3.63, 3.8) is 0 Å². The topological polar surface area (TPSA) is 203 Å². The summed E-state index contributed by atoms with van der Waals surface area (Å²) in [5.41, 5.74) is 3.38. The third kappa shape index (κ3) is 5.85. The number of nitrogens with two attached hydrogens (primary N) is 1. The molecule has 2 rings (SSSR count). The second-order valence-electron chi connectivity index (χ2n) is 7.73. The molecule has 1 aliphatic heterocycles. The van der Waals surface area contributed by atoms with E-state index in [1.165, 1.54) is 12.1 Å². The summed E-state index contributed by atoms with van der Waals surface area (Å²) in [7, 11) is 0. The molecule has 0 radical (unpaired) electrons. The Labute approximate surface area is 190 Å². The van der Waals surface area contributed by atoms with Crippen LogP contribution in [0.3, 0.4) is 0 Å². The molecule has 1 aromatic rings. The highest BCUT2D eigenvalue weighted by atomic mass is 16.6. The number of carbonyl (C=O) groups is 3. The number of nitrogens with zero attached hydrogens (tertiary/aromatic N) is 1. The number of amides is 2. The molecule has 33 heavy (non-hydrogen) atoms. The van der Waals surface area contributed by atoms with Crippen LogP contribution in [0.25, 0.3) is 0 Å². The van der Waals surface area contributed by atoms with Gasteiger partial charge in [0.2, 0.25) is 5.91 Å². The van der Waals surface area contributed by atoms with Crippen molar-refractivity contribution >= 4 is 17.8 Å². The number of nitrogens with one attached hydrogen (secondary N) is 1. The van der Waals surface area contributed by atoms with E-state index in [-0.39, 0.29) is 18.5 Å². The van der Waals surface area contributed by atoms with Crippen LogP contribution >= 0.6 is 0 Å². The first kappa shape index (κ1) is 26.6. The van der Waals surface area contributed by atoms with Crippen molar-refractivity contribution in [3.05, 3.63) is 35.9 Å². The van der Waals surface area contributed by atoms with E-state index in [9.17, 15) is 39.9 Å². The van der Waals surface area contributed by atoms with Crippen molar-refractivity contribution in [1.82, 2.24) is 10.2 Å². The maximum Gasteiger partial charge on any atom is 0.326 e. The second kappa shape index (κ2) is 12.0. The molecule has 1 saturated heterocycles. The second-order valence-corrected chi connectivity index (χ2v) is 7.73. The molecule has 5 atom stereocenters. The molecular formula is C21H31N3O9. The van der Waals surface area contributed by atoms with Crippen molar-refractivity contribution < 1.29 is 44.7 Å². The van der Waals surface area contributed by atoms with Crippen LogP contribution in [0.5, 0.6) is 0 Å². The molecule has 12 nitrogen and oxygen atoms in total. The van der Waals surface area contributed by atoms with Gasteiger partial charge in [-0.2, -0.15) is 0 Å². The van der Waals surface area contributed by atoms with E-state index in [0.29, 0.717) is 17.7 Å². The van der Waals surface area contributed by atoms with Gasteiger partial charge in [-0.3, -0.25) is 14.5 Å². The molecular weight excluding hydrogens is 438 g/mol. The molecule has 1 heterocycles. The van der Waals surface area contributed by atoms with E-state index in [1.807, 2.05) is 0 Å². The number of carbonyl (C=O) groups excluding carboxylic acids is 2. The lowest BCUT2D eigenvalue weighted by atomic mass is 9.97. The molecule has 8 N–H and O–H groups in total. The van der Waals surface area contributed by atoms with Crippen LogP contribution in [0.1, 0.15) is 29.6 Å². The SMILES string of the molecule is NCCCC[C@@H](C(=O)O)N(C(=O)CNC(=O)c1ccccc1)C1(CO)O[C@H](CO)[C@@H](O)[C@@H]1O. The summed E-state index contributed by atoms with van der Waals surface area (Å²) < 4.78 is 5.49. The Bertz CT molecular complexity index is 809. The zero-order valence-electron chi connectivity index (χ0n) is 18.0. The van der Waals surface area contributed by atoms with Crippen molar-refractivity contribution in [3.8, 4) is 0 Å². The monoisotopic (exact) mass is 469 g/mol. The highest BCUT2D eigenvalue weighted by molar-refractivity contribution is 5.97. The number of aliphatic carboxylic acids is 1. The summed E-state index contributed by atoms with van der Waals surface area (Å²) in [6, 6.07) is 6.41. The Morgan fingerprint density at radius 1 is 1.15 bits per heavy atom. The number of hydrogen-bond donors (Lipinski definition) is 7. The normalized spacial score (nSPS) is 25.4. The fourth-order valence-corrected chi connectivity index (χ4v) is 3.85. The van der Waals surface area contributed by atoms with Gasteiger partial charge in [0.15, 0.2) is 5.72 Å².